The van der Waals surface area contributed by atoms with Gasteiger partial charge in [0.15, 0.2) is 0 Å². The third-order valence-corrected chi connectivity index (χ3v) is 3.36. The van der Waals surface area contributed by atoms with Crippen LogP contribution in [0.4, 0.5) is 0 Å². The van der Waals surface area contributed by atoms with Crippen molar-refractivity contribution >= 4 is 0 Å². The third-order valence-electron chi connectivity index (χ3n) is 3.36. The van der Waals surface area contributed by atoms with Crippen molar-refractivity contribution in [1.82, 2.24) is 10.9 Å². The first-order valence-corrected chi connectivity index (χ1v) is 7.21. The van der Waals surface area contributed by atoms with Gasteiger partial charge in [-0.15, -0.1) is 0 Å². The first-order chi connectivity index (χ1) is 8.63. The minimum absolute atomic E-state index is 0.347. The van der Waals surface area contributed by atoms with Gasteiger partial charge in [0, 0.05) is 12.1 Å². The molecule has 1 rings (SSSR count). The van der Waals surface area contributed by atoms with E-state index >= 15 is 0 Å². The minimum atomic E-state index is 0.347. The third kappa shape index (κ3) is 5.65. The summed E-state index contributed by atoms with van der Waals surface area (Å²) in [6.45, 7) is 8.80. The highest BCUT2D eigenvalue weighted by atomic mass is 15.4. The summed E-state index contributed by atoms with van der Waals surface area (Å²) in [6, 6.07) is 9.59. The van der Waals surface area contributed by atoms with Crippen LogP contribution in [0.15, 0.2) is 24.3 Å². The van der Waals surface area contributed by atoms with Gasteiger partial charge in [-0.1, -0.05) is 56.0 Å². The van der Waals surface area contributed by atoms with Crippen molar-refractivity contribution in [2.75, 3.05) is 0 Å². The number of hydrazine groups is 1. The molecule has 2 nitrogen and oxygen atoms in total. The lowest BCUT2D eigenvalue weighted by Crippen LogP contribution is -2.40. The second kappa shape index (κ2) is 8.28. The van der Waals surface area contributed by atoms with Crippen LogP contribution in [0, 0.1) is 6.92 Å². The molecule has 2 unspecified atom stereocenters. The Bertz CT molecular complexity index is 318. The lowest BCUT2D eigenvalue weighted by atomic mass is 10.1. The van der Waals surface area contributed by atoms with Crippen LogP contribution in [0.3, 0.4) is 0 Å². The molecule has 2 heteroatoms. The first kappa shape index (κ1) is 15.2. The predicted molar refractivity (Wildman–Crippen MR) is 79.5 cm³/mol. The zero-order valence-corrected chi connectivity index (χ0v) is 12.3. The molecule has 0 saturated carbocycles. The molecule has 0 amide bonds. The number of nitrogens with one attached hydrogen (secondary N) is 2. The summed E-state index contributed by atoms with van der Waals surface area (Å²) < 4.78 is 0. The van der Waals surface area contributed by atoms with Crippen LogP contribution in [-0.2, 0) is 0 Å². The summed E-state index contributed by atoms with van der Waals surface area (Å²) in [5.74, 6) is 0. The number of rotatable bonds is 8. The first-order valence-electron chi connectivity index (χ1n) is 7.21. The standard InChI is InChI=1S/C16H28N2/c1-5-6-7-8-14(3)17-18-15(4)16-11-9-13(2)10-12-16/h9-12,14-15,17-18H,5-8H2,1-4H3. The molecular weight excluding hydrogens is 220 g/mol. The largest absolute Gasteiger partial charge is 0.254 e. The van der Waals surface area contributed by atoms with Crippen molar-refractivity contribution in [2.45, 2.75) is 65.5 Å². The second-order valence-corrected chi connectivity index (χ2v) is 5.32. The molecular formula is C16H28N2. The Morgan fingerprint density at radius 3 is 2.28 bits per heavy atom. The summed E-state index contributed by atoms with van der Waals surface area (Å²) >= 11 is 0. The molecule has 1 aromatic carbocycles. The van der Waals surface area contributed by atoms with E-state index in [4.69, 9.17) is 0 Å². The van der Waals surface area contributed by atoms with Gasteiger partial charge >= 0.3 is 0 Å². The van der Waals surface area contributed by atoms with E-state index in [0.29, 0.717) is 12.1 Å². The smallest absolute Gasteiger partial charge is 0.0434 e. The van der Waals surface area contributed by atoms with E-state index in [2.05, 4.69) is 62.8 Å². The van der Waals surface area contributed by atoms with Crippen molar-refractivity contribution < 1.29 is 0 Å². The molecule has 18 heavy (non-hydrogen) atoms. The zero-order chi connectivity index (χ0) is 13.4. The van der Waals surface area contributed by atoms with E-state index < -0.39 is 0 Å². The van der Waals surface area contributed by atoms with E-state index in [0.717, 1.165) is 0 Å². The average Bonchev–Trinajstić information content (AvgIpc) is 2.37. The van der Waals surface area contributed by atoms with E-state index in [1.54, 1.807) is 0 Å². The molecule has 0 aromatic heterocycles. The van der Waals surface area contributed by atoms with Gasteiger partial charge < -0.3 is 0 Å². The molecule has 0 aliphatic heterocycles. The molecule has 2 atom stereocenters. The molecule has 0 radical (unpaired) electrons. The van der Waals surface area contributed by atoms with Crippen molar-refractivity contribution in [2.24, 2.45) is 0 Å². The molecule has 1 aromatic rings. The number of hydrogen-bond acceptors (Lipinski definition) is 2. The molecule has 0 aliphatic carbocycles. The van der Waals surface area contributed by atoms with Crippen LogP contribution in [0.5, 0.6) is 0 Å². The molecule has 0 fully saturated rings. The normalized spacial score (nSPS) is 14.4. The van der Waals surface area contributed by atoms with Crippen LogP contribution in [-0.4, -0.2) is 6.04 Å². The monoisotopic (exact) mass is 248 g/mol. The summed E-state index contributed by atoms with van der Waals surface area (Å²) in [7, 11) is 0. The van der Waals surface area contributed by atoms with Crippen molar-refractivity contribution in [1.29, 1.82) is 0 Å². The van der Waals surface area contributed by atoms with Gasteiger partial charge in [-0.2, -0.15) is 0 Å². The molecule has 0 spiro atoms. The molecule has 0 bridgehead atoms. The van der Waals surface area contributed by atoms with Crippen LogP contribution >= 0.6 is 0 Å². The Hall–Kier alpha value is -0.860. The zero-order valence-electron chi connectivity index (χ0n) is 12.3. The SMILES string of the molecule is CCCCCC(C)NNC(C)c1ccc(C)cc1. The maximum Gasteiger partial charge on any atom is 0.0434 e. The fraction of sp³-hybridized carbons (Fsp3) is 0.625. The Morgan fingerprint density at radius 2 is 1.67 bits per heavy atom. The number of unbranched alkanes of at least 4 members (excludes halogenated alkanes) is 2. The highest BCUT2D eigenvalue weighted by Crippen LogP contribution is 2.12. The van der Waals surface area contributed by atoms with E-state index in [9.17, 15) is 0 Å². The van der Waals surface area contributed by atoms with Crippen LogP contribution < -0.4 is 10.9 Å². The van der Waals surface area contributed by atoms with Crippen molar-refractivity contribution in [3.63, 3.8) is 0 Å². The maximum atomic E-state index is 3.40. The average molecular weight is 248 g/mol. The number of benzene rings is 1. The molecule has 2 N–H and O–H groups in total. The molecule has 0 saturated heterocycles. The van der Waals surface area contributed by atoms with Gasteiger partial charge in [-0.05, 0) is 32.8 Å². The van der Waals surface area contributed by atoms with Crippen LogP contribution in [0.2, 0.25) is 0 Å². The Labute approximate surface area is 112 Å². The summed E-state index contributed by atoms with van der Waals surface area (Å²) in [5, 5.41) is 0. The van der Waals surface area contributed by atoms with Gasteiger partial charge in [-0.3, -0.25) is 10.9 Å². The van der Waals surface area contributed by atoms with Crippen molar-refractivity contribution in [3.8, 4) is 0 Å². The predicted octanol–water partition coefficient (Wildman–Crippen LogP) is 4.12. The maximum absolute atomic E-state index is 3.40. The van der Waals surface area contributed by atoms with Gasteiger partial charge in [0.25, 0.3) is 0 Å². The topological polar surface area (TPSA) is 24.1 Å². The molecule has 0 aliphatic rings. The lowest BCUT2D eigenvalue weighted by Gasteiger charge is -2.20. The number of aryl methyl sites for hydroxylation is 1. The second-order valence-electron chi connectivity index (χ2n) is 5.32. The highest BCUT2D eigenvalue weighted by molar-refractivity contribution is 5.23. The summed E-state index contributed by atoms with van der Waals surface area (Å²) in [6.07, 6.45) is 5.17. The Kier molecular flexibility index (Phi) is 6.99. The van der Waals surface area contributed by atoms with Gasteiger partial charge in [0.2, 0.25) is 0 Å². The fourth-order valence-corrected chi connectivity index (χ4v) is 1.98. The van der Waals surface area contributed by atoms with Crippen molar-refractivity contribution in [3.05, 3.63) is 35.4 Å². The quantitative estimate of drug-likeness (QED) is 0.534. The van der Waals surface area contributed by atoms with Gasteiger partial charge in [0.1, 0.15) is 0 Å². The summed E-state index contributed by atoms with van der Waals surface area (Å²) in [4.78, 5) is 0. The molecule has 102 valence electrons. The highest BCUT2D eigenvalue weighted by Gasteiger charge is 2.06. The van der Waals surface area contributed by atoms with Gasteiger partial charge in [-0.25, -0.2) is 0 Å². The molecule has 0 heterocycles. The van der Waals surface area contributed by atoms with Gasteiger partial charge in [0.05, 0.1) is 0 Å². The van der Waals surface area contributed by atoms with E-state index in [-0.39, 0.29) is 0 Å². The van der Waals surface area contributed by atoms with E-state index in [1.807, 2.05) is 0 Å². The van der Waals surface area contributed by atoms with E-state index in [1.165, 1.54) is 36.8 Å². The van der Waals surface area contributed by atoms with Crippen LogP contribution in [0.1, 0.15) is 63.6 Å². The number of hydrogen-bond donors (Lipinski definition) is 2. The Balaban J connectivity index is 2.27. The Morgan fingerprint density at radius 1 is 1.00 bits per heavy atom. The minimum Gasteiger partial charge on any atom is -0.254 e. The van der Waals surface area contributed by atoms with Crippen LogP contribution in [0.25, 0.3) is 0 Å². The fourth-order valence-electron chi connectivity index (χ4n) is 1.98. The summed E-state index contributed by atoms with van der Waals surface area (Å²) in [5.41, 5.74) is 9.44. The lowest BCUT2D eigenvalue weighted by molar-refractivity contribution is 0.381.